The van der Waals surface area contributed by atoms with E-state index < -0.39 is 4.92 Å². The summed E-state index contributed by atoms with van der Waals surface area (Å²) in [7, 11) is 1.37. The van der Waals surface area contributed by atoms with Crippen molar-refractivity contribution in [2.75, 3.05) is 7.11 Å². The van der Waals surface area contributed by atoms with Gasteiger partial charge in [0, 0.05) is 11.6 Å². The van der Waals surface area contributed by atoms with Crippen molar-refractivity contribution < 1.29 is 9.66 Å². The molecule has 2 rings (SSSR count). The zero-order chi connectivity index (χ0) is 13.1. The smallest absolute Gasteiger partial charge is 0.311 e. The molecule has 92 valence electrons. The predicted octanol–water partition coefficient (Wildman–Crippen LogP) is 1.16. The normalized spacial score (nSPS) is 10.1. The van der Waals surface area contributed by atoms with Gasteiger partial charge < -0.3 is 4.74 Å². The number of rotatable bonds is 3. The van der Waals surface area contributed by atoms with Crippen LogP contribution in [0.25, 0.3) is 11.4 Å². The third-order valence-electron chi connectivity index (χ3n) is 2.21. The Morgan fingerprint density at radius 2 is 1.89 bits per heavy atom. The highest BCUT2D eigenvalue weighted by Crippen LogP contribution is 2.30. The first kappa shape index (κ1) is 11.8. The Balaban J connectivity index is 2.49. The van der Waals surface area contributed by atoms with Crippen LogP contribution in [-0.4, -0.2) is 32.4 Å². The number of methoxy groups -OCH3 is 1. The van der Waals surface area contributed by atoms with Crippen molar-refractivity contribution in [3.8, 4) is 17.1 Å². The summed E-state index contributed by atoms with van der Waals surface area (Å²) in [5.41, 5.74) is 0.307. The maximum Gasteiger partial charge on any atom is 0.311 e. The lowest BCUT2D eigenvalue weighted by atomic mass is 10.2. The van der Waals surface area contributed by atoms with Crippen molar-refractivity contribution in [1.82, 2.24) is 20.4 Å². The van der Waals surface area contributed by atoms with Crippen LogP contribution in [0.1, 0.15) is 5.82 Å². The van der Waals surface area contributed by atoms with E-state index in [1.54, 1.807) is 13.0 Å². The Hall–Kier alpha value is -2.64. The third kappa shape index (κ3) is 2.21. The molecule has 0 bridgehead atoms. The van der Waals surface area contributed by atoms with Crippen molar-refractivity contribution >= 4 is 5.69 Å². The van der Waals surface area contributed by atoms with Crippen LogP contribution in [0.5, 0.6) is 5.75 Å². The van der Waals surface area contributed by atoms with Gasteiger partial charge in [0.1, 0.15) is 0 Å². The van der Waals surface area contributed by atoms with E-state index in [4.69, 9.17) is 4.74 Å². The van der Waals surface area contributed by atoms with Crippen LogP contribution in [0.3, 0.4) is 0 Å². The van der Waals surface area contributed by atoms with E-state index in [1.807, 2.05) is 0 Å². The second kappa shape index (κ2) is 4.70. The molecule has 0 aliphatic carbocycles. The highest BCUT2D eigenvalue weighted by Gasteiger charge is 2.17. The average molecular weight is 247 g/mol. The van der Waals surface area contributed by atoms with Crippen molar-refractivity contribution in [2.24, 2.45) is 0 Å². The Bertz CT molecular complexity index is 585. The highest BCUT2D eigenvalue weighted by molar-refractivity contribution is 5.62. The minimum atomic E-state index is -0.530. The molecule has 0 fully saturated rings. The summed E-state index contributed by atoms with van der Waals surface area (Å²) >= 11 is 0. The first-order chi connectivity index (χ1) is 8.61. The van der Waals surface area contributed by atoms with E-state index in [9.17, 15) is 10.1 Å². The van der Waals surface area contributed by atoms with Crippen LogP contribution in [0.4, 0.5) is 5.69 Å². The molecule has 8 heteroatoms. The summed E-state index contributed by atoms with van der Waals surface area (Å²) < 4.78 is 4.90. The second-order valence-corrected chi connectivity index (χ2v) is 3.41. The van der Waals surface area contributed by atoms with Gasteiger partial charge in [0.25, 0.3) is 0 Å². The van der Waals surface area contributed by atoms with Crippen LogP contribution in [0, 0.1) is 17.0 Å². The molecule has 0 aliphatic rings. The number of nitro benzene ring substituents is 1. The molecule has 0 radical (unpaired) electrons. The maximum absolute atomic E-state index is 10.9. The van der Waals surface area contributed by atoms with Gasteiger partial charge in [0.05, 0.1) is 12.0 Å². The molecule has 0 saturated carbocycles. The molecule has 8 nitrogen and oxygen atoms in total. The first-order valence-corrected chi connectivity index (χ1v) is 4.98. The SMILES string of the molecule is COc1ccc(-c2nnc(C)nn2)cc1[N+](=O)[O-]. The molecule has 1 aromatic carbocycles. The fourth-order valence-corrected chi connectivity index (χ4v) is 1.37. The van der Waals surface area contributed by atoms with E-state index in [-0.39, 0.29) is 17.3 Å². The molecule has 1 heterocycles. The summed E-state index contributed by atoms with van der Waals surface area (Å²) in [6.07, 6.45) is 0. The van der Waals surface area contributed by atoms with Crippen molar-refractivity contribution in [2.45, 2.75) is 6.92 Å². The highest BCUT2D eigenvalue weighted by atomic mass is 16.6. The number of nitro groups is 1. The monoisotopic (exact) mass is 247 g/mol. The molecule has 0 unspecified atom stereocenters. The number of nitrogens with zero attached hydrogens (tertiary/aromatic N) is 5. The van der Waals surface area contributed by atoms with Gasteiger partial charge in [-0.15, -0.1) is 20.4 Å². The van der Waals surface area contributed by atoms with Crippen LogP contribution >= 0.6 is 0 Å². The van der Waals surface area contributed by atoms with Gasteiger partial charge in [0.2, 0.25) is 5.82 Å². The lowest BCUT2D eigenvalue weighted by Crippen LogP contribution is -2.00. The molecule has 0 aliphatic heterocycles. The van der Waals surface area contributed by atoms with E-state index in [1.165, 1.54) is 19.2 Å². The molecule has 18 heavy (non-hydrogen) atoms. The molecule has 0 spiro atoms. The van der Waals surface area contributed by atoms with Crippen molar-refractivity contribution in [3.63, 3.8) is 0 Å². The molecule has 0 atom stereocenters. The molecular weight excluding hydrogens is 238 g/mol. The Morgan fingerprint density at radius 3 is 2.44 bits per heavy atom. The Kier molecular flexibility index (Phi) is 3.09. The number of hydrogen-bond donors (Lipinski definition) is 0. The van der Waals surface area contributed by atoms with E-state index in [2.05, 4.69) is 20.4 Å². The summed E-state index contributed by atoms with van der Waals surface area (Å²) in [4.78, 5) is 10.3. The average Bonchev–Trinajstić information content (AvgIpc) is 2.39. The van der Waals surface area contributed by atoms with Crippen molar-refractivity contribution in [1.29, 1.82) is 0 Å². The summed E-state index contributed by atoms with van der Waals surface area (Å²) in [6.45, 7) is 1.65. The minimum absolute atomic E-state index is 0.154. The van der Waals surface area contributed by atoms with E-state index in [0.717, 1.165) is 0 Å². The van der Waals surface area contributed by atoms with E-state index >= 15 is 0 Å². The summed E-state index contributed by atoms with van der Waals surface area (Å²) in [5, 5.41) is 26.0. The van der Waals surface area contributed by atoms with Gasteiger partial charge >= 0.3 is 5.69 Å². The number of aryl methyl sites for hydroxylation is 1. The van der Waals surface area contributed by atoms with Gasteiger partial charge in [-0.3, -0.25) is 10.1 Å². The summed E-state index contributed by atoms with van der Waals surface area (Å²) in [6, 6.07) is 4.42. The number of benzene rings is 1. The maximum atomic E-state index is 10.9. The van der Waals surface area contributed by atoms with Crippen LogP contribution in [0.2, 0.25) is 0 Å². The van der Waals surface area contributed by atoms with Crippen LogP contribution in [-0.2, 0) is 0 Å². The standard InChI is InChI=1S/C10H9N5O3/c1-6-11-13-10(14-12-6)7-3-4-9(18-2)8(5-7)15(16)17/h3-5H,1-2H3. The predicted molar refractivity (Wildman–Crippen MR) is 61.0 cm³/mol. The zero-order valence-electron chi connectivity index (χ0n) is 9.69. The Morgan fingerprint density at radius 1 is 1.22 bits per heavy atom. The number of aromatic nitrogens is 4. The summed E-state index contributed by atoms with van der Waals surface area (Å²) in [5.74, 6) is 0.838. The fraction of sp³-hybridized carbons (Fsp3) is 0.200. The fourth-order valence-electron chi connectivity index (χ4n) is 1.37. The van der Waals surface area contributed by atoms with Gasteiger partial charge in [-0.2, -0.15) is 0 Å². The van der Waals surface area contributed by atoms with E-state index in [0.29, 0.717) is 11.4 Å². The van der Waals surface area contributed by atoms with Crippen LogP contribution < -0.4 is 4.74 Å². The number of ether oxygens (including phenoxy) is 1. The molecule has 0 amide bonds. The largest absolute Gasteiger partial charge is 0.490 e. The molecule has 1 aromatic heterocycles. The zero-order valence-corrected chi connectivity index (χ0v) is 9.69. The van der Waals surface area contributed by atoms with Crippen molar-refractivity contribution in [3.05, 3.63) is 34.1 Å². The third-order valence-corrected chi connectivity index (χ3v) is 2.21. The van der Waals surface area contributed by atoms with Gasteiger partial charge in [-0.25, -0.2) is 0 Å². The topological polar surface area (TPSA) is 104 Å². The van der Waals surface area contributed by atoms with Gasteiger partial charge in [-0.1, -0.05) is 0 Å². The molecule has 0 N–H and O–H groups in total. The van der Waals surface area contributed by atoms with Gasteiger partial charge in [-0.05, 0) is 19.1 Å². The number of hydrogen-bond acceptors (Lipinski definition) is 7. The Labute approximate surface area is 102 Å². The van der Waals surface area contributed by atoms with Crippen LogP contribution in [0.15, 0.2) is 18.2 Å². The molecular formula is C10H9N5O3. The quantitative estimate of drug-likeness (QED) is 0.591. The molecule has 2 aromatic rings. The lowest BCUT2D eigenvalue weighted by molar-refractivity contribution is -0.385. The first-order valence-electron chi connectivity index (χ1n) is 4.98. The molecule has 0 saturated heterocycles. The lowest BCUT2D eigenvalue weighted by Gasteiger charge is -2.03. The second-order valence-electron chi connectivity index (χ2n) is 3.41. The minimum Gasteiger partial charge on any atom is -0.490 e. The van der Waals surface area contributed by atoms with Gasteiger partial charge in [0.15, 0.2) is 11.6 Å².